The molecule has 1 aromatic heterocycles. The van der Waals surface area contributed by atoms with E-state index < -0.39 is 0 Å². The highest BCUT2D eigenvalue weighted by molar-refractivity contribution is 5.18. The molecule has 1 aromatic carbocycles. The third kappa shape index (κ3) is 4.43. The molecule has 0 radical (unpaired) electrons. The van der Waals surface area contributed by atoms with Crippen LogP contribution < -0.4 is 0 Å². The van der Waals surface area contributed by atoms with E-state index >= 15 is 0 Å². The van der Waals surface area contributed by atoms with Crippen LogP contribution in [0.2, 0.25) is 0 Å². The molecule has 4 heteroatoms. The van der Waals surface area contributed by atoms with Gasteiger partial charge in [0.1, 0.15) is 5.82 Å². The van der Waals surface area contributed by atoms with Crippen molar-refractivity contribution in [2.24, 2.45) is 0 Å². The molecule has 1 aliphatic carbocycles. The van der Waals surface area contributed by atoms with Crippen molar-refractivity contribution < 1.29 is 9.50 Å². The fraction of sp³-hybridized carbons (Fsp3) is 0.474. The summed E-state index contributed by atoms with van der Waals surface area (Å²) in [4.78, 5) is 2.39. The molecule has 0 amide bonds. The number of aliphatic hydroxyl groups is 1. The van der Waals surface area contributed by atoms with Crippen molar-refractivity contribution in [3.63, 3.8) is 0 Å². The zero-order chi connectivity index (χ0) is 16.2. The second-order valence-corrected chi connectivity index (χ2v) is 6.48. The number of aromatic nitrogens is 1. The Bertz CT molecular complexity index is 619. The molecular formula is C19H25FN2O. The summed E-state index contributed by atoms with van der Waals surface area (Å²) < 4.78 is 15.2. The van der Waals surface area contributed by atoms with Crippen LogP contribution >= 0.6 is 0 Å². The van der Waals surface area contributed by atoms with Crippen molar-refractivity contribution in [2.45, 2.75) is 51.4 Å². The molecule has 0 bridgehead atoms. The molecule has 0 saturated heterocycles. The Balaban J connectivity index is 1.68. The molecule has 1 heterocycles. The van der Waals surface area contributed by atoms with Crippen molar-refractivity contribution >= 4 is 0 Å². The number of aliphatic hydroxyl groups excluding tert-OH is 1. The van der Waals surface area contributed by atoms with Crippen LogP contribution in [-0.4, -0.2) is 33.3 Å². The number of benzene rings is 1. The standard InChI is InChI=1S/C19H25FN2O/c1-2-19(23)14-22(17-9-10-17)13-18-4-3-11-21(18)12-15-5-7-16(20)8-6-15/h3-8,11,17,19,23H,2,9-10,12-14H2,1H3. The summed E-state index contributed by atoms with van der Waals surface area (Å²) in [7, 11) is 0. The van der Waals surface area contributed by atoms with Gasteiger partial charge in [0.05, 0.1) is 6.10 Å². The Labute approximate surface area is 137 Å². The molecule has 1 unspecified atom stereocenters. The van der Waals surface area contributed by atoms with Gasteiger partial charge in [-0.1, -0.05) is 19.1 Å². The van der Waals surface area contributed by atoms with Gasteiger partial charge in [-0.2, -0.15) is 0 Å². The Morgan fingerprint density at radius 2 is 2.00 bits per heavy atom. The van der Waals surface area contributed by atoms with Crippen LogP contribution in [0.15, 0.2) is 42.6 Å². The molecule has 1 fully saturated rings. The van der Waals surface area contributed by atoms with Crippen LogP contribution in [0.3, 0.4) is 0 Å². The van der Waals surface area contributed by atoms with E-state index in [0.717, 1.165) is 31.6 Å². The van der Waals surface area contributed by atoms with Crippen molar-refractivity contribution in [1.82, 2.24) is 9.47 Å². The van der Waals surface area contributed by atoms with E-state index in [9.17, 15) is 9.50 Å². The van der Waals surface area contributed by atoms with Crippen molar-refractivity contribution in [3.05, 3.63) is 59.7 Å². The molecular weight excluding hydrogens is 291 g/mol. The SMILES string of the molecule is CCC(O)CN(Cc1cccn1Cc1ccc(F)cc1)C1CC1. The van der Waals surface area contributed by atoms with Crippen LogP contribution in [-0.2, 0) is 13.1 Å². The molecule has 1 saturated carbocycles. The summed E-state index contributed by atoms with van der Waals surface area (Å²) in [6.45, 7) is 4.36. The van der Waals surface area contributed by atoms with Gasteiger partial charge < -0.3 is 9.67 Å². The van der Waals surface area contributed by atoms with Gasteiger partial charge in [-0.3, -0.25) is 4.90 Å². The van der Waals surface area contributed by atoms with Gasteiger partial charge in [-0.05, 0) is 49.1 Å². The highest BCUT2D eigenvalue weighted by atomic mass is 19.1. The molecule has 0 spiro atoms. The van der Waals surface area contributed by atoms with Gasteiger partial charge in [0.25, 0.3) is 0 Å². The minimum Gasteiger partial charge on any atom is -0.392 e. The minimum absolute atomic E-state index is 0.199. The Hall–Kier alpha value is -1.65. The number of halogens is 1. The Morgan fingerprint density at radius 1 is 1.26 bits per heavy atom. The molecule has 23 heavy (non-hydrogen) atoms. The average molecular weight is 316 g/mol. The molecule has 0 aliphatic heterocycles. The molecule has 3 nitrogen and oxygen atoms in total. The quantitative estimate of drug-likeness (QED) is 0.808. The van der Waals surface area contributed by atoms with E-state index in [2.05, 4.69) is 27.8 Å². The summed E-state index contributed by atoms with van der Waals surface area (Å²) >= 11 is 0. The van der Waals surface area contributed by atoms with E-state index in [4.69, 9.17) is 0 Å². The molecule has 2 aromatic rings. The number of hydrogen-bond donors (Lipinski definition) is 1. The summed E-state index contributed by atoms with van der Waals surface area (Å²) in [6.07, 6.45) is 5.07. The van der Waals surface area contributed by atoms with Gasteiger partial charge in [0, 0.05) is 37.6 Å². The lowest BCUT2D eigenvalue weighted by molar-refractivity contribution is 0.0997. The third-order valence-corrected chi connectivity index (χ3v) is 4.53. The lowest BCUT2D eigenvalue weighted by Crippen LogP contribution is -2.34. The fourth-order valence-electron chi connectivity index (χ4n) is 2.92. The first kappa shape index (κ1) is 16.2. The van der Waals surface area contributed by atoms with E-state index in [1.165, 1.54) is 30.7 Å². The lowest BCUT2D eigenvalue weighted by Gasteiger charge is -2.25. The smallest absolute Gasteiger partial charge is 0.123 e. The number of nitrogens with zero attached hydrogens (tertiary/aromatic N) is 2. The lowest BCUT2D eigenvalue weighted by atomic mass is 10.2. The monoisotopic (exact) mass is 316 g/mol. The maximum Gasteiger partial charge on any atom is 0.123 e. The first-order chi connectivity index (χ1) is 11.2. The molecule has 124 valence electrons. The van der Waals surface area contributed by atoms with Gasteiger partial charge >= 0.3 is 0 Å². The first-order valence-electron chi connectivity index (χ1n) is 8.46. The zero-order valence-corrected chi connectivity index (χ0v) is 13.7. The van der Waals surface area contributed by atoms with E-state index in [0.29, 0.717) is 6.04 Å². The Kier molecular flexibility index (Phi) is 5.13. The predicted molar refractivity (Wildman–Crippen MR) is 89.7 cm³/mol. The van der Waals surface area contributed by atoms with Crippen molar-refractivity contribution in [2.75, 3.05) is 6.54 Å². The molecule has 1 atom stereocenters. The topological polar surface area (TPSA) is 28.4 Å². The first-order valence-corrected chi connectivity index (χ1v) is 8.46. The van der Waals surface area contributed by atoms with E-state index in [-0.39, 0.29) is 11.9 Å². The maximum atomic E-state index is 13.0. The molecule has 3 rings (SSSR count). The highest BCUT2D eigenvalue weighted by Gasteiger charge is 2.30. The molecule has 1 aliphatic rings. The minimum atomic E-state index is -0.254. The van der Waals surface area contributed by atoms with Crippen LogP contribution in [0.25, 0.3) is 0 Å². The second kappa shape index (κ2) is 7.28. The number of rotatable bonds is 8. The molecule has 1 N–H and O–H groups in total. The Morgan fingerprint density at radius 3 is 2.65 bits per heavy atom. The van der Waals surface area contributed by atoms with Crippen molar-refractivity contribution in [1.29, 1.82) is 0 Å². The summed E-state index contributed by atoms with van der Waals surface area (Å²) in [5.74, 6) is -0.199. The van der Waals surface area contributed by atoms with Crippen LogP contribution in [0.1, 0.15) is 37.4 Å². The van der Waals surface area contributed by atoms with Crippen LogP contribution in [0.4, 0.5) is 4.39 Å². The zero-order valence-electron chi connectivity index (χ0n) is 13.7. The fourth-order valence-corrected chi connectivity index (χ4v) is 2.92. The van der Waals surface area contributed by atoms with Gasteiger partial charge in [0.2, 0.25) is 0 Å². The normalized spacial score (nSPS) is 16.0. The van der Waals surface area contributed by atoms with Gasteiger partial charge in [0.15, 0.2) is 0 Å². The van der Waals surface area contributed by atoms with Crippen LogP contribution in [0.5, 0.6) is 0 Å². The third-order valence-electron chi connectivity index (χ3n) is 4.53. The average Bonchev–Trinajstić information content (AvgIpc) is 3.31. The van der Waals surface area contributed by atoms with Gasteiger partial charge in [-0.25, -0.2) is 4.39 Å². The van der Waals surface area contributed by atoms with Crippen LogP contribution in [0, 0.1) is 5.82 Å². The highest BCUT2D eigenvalue weighted by Crippen LogP contribution is 2.28. The largest absolute Gasteiger partial charge is 0.392 e. The van der Waals surface area contributed by atoms with Crippen molar-refractivity contribution in [3.8, 4) is 0 Å². The predicted octanol–water partition coefficient (Wildman–Crippen LogP) is 3.41. The number of hydrogen-bond acceptors (Lipinski definition) is 2. The van der Waals surface area contributed by atoms with Gasteiger partial charge in [-0.15, -0.1) is 0 Å². The van der Waals surface area contributed by atoms with E-state index in [1.807, 2.05) is 19.1 Å². The summed E-state index contributed by atoms with van der Waals surface area (Å²) in [6, 6.07) is 11.5. The summed E-state index contributed by atoms with van der Waals surface area (Å²) in [5, 5.41) is 9.98. The van der Waals surface area contributed by atoms with E-state index in [1.54, 1.807) is 0 Å². The summed E-state index contributed by atoms with van der Waals surface area (Å²) in [5.41, 5.74) is 2.33. The maximum absolute atomic E-state index is 13.0. The second-order valence-electron chi connectivity index (χ2n) is 6.48.